The molecule has 4 nitrogen and oxygen atoms in total. The lowest BCUT2D eigenvalue weighted by Crippen LogP contribution is -2.30. The van der Waals surface area contributed by atoms with Gasteiger partial charge >= 0.3 is 0 Å². The molecule has 1 amide bonds. The molecule has 0 aliphatic carbocycles. The second kappa shape index (κ2) is 6.23. The van der Waals surface area contributed by atoms with Crippen molar-refractivity contribution >= 4 is 16.7 Å². The molecule has 24 heavy (non-hydrogen) atoms. The fraction of sp³-hybridized carbons (Fsp3) is 0.111. The Labute approximate surface area is 136 Å². The Kier molecular flexibility index (Phi) is 4.12. The first kappa shape index (κ1) is 15.9. The Balaban J connectivity index is 1.87. The molecular formula is C18H14F2N2O2. The van der Waals surface area contributed by atoms with Gasteiger partial charge in [-0.25, -0.2) is 8.78 Å². The number of carbonyl (C=O) groups excluding carboxylic acids is 1. The quantitative estimate of drug-likeness (QED) is 0.804. The van der Waals surface area contributed by atoms with Gasteiger partial charge in [-0.1, -0.05) is 24.3 Å². The van der Waals surface area contributed by atoms with Gasteiger partial charge < -0.3 is 9.88 Å². The SMILES string of the molecule is Cn1c(C(=O)NCc2ccc(F)c(F)c2)cc2ccccc2c1=O. The van der Waals surface area contributed by atoms with Gasteiger partial charge in [-0.05, 0) is 35.2 Å². The summed E-state index contributed by atoms with van der Waals surface area (Å²) in [6.45, 7) is 0.0249. The van der Waals surface area contributed by atoms with E-state index in [4.69, 9.17) is 0 Å². The Bertz CT molecular complexity index is 996. The smallest absolute Gasteiger partial charge is 0.268 e. The summed E-state index contributed by atoms with van der Waals surface area (Å²) in [7, 11) is 1.52. The van der Waals surface area contributed by atoms with Crippen molar-refractivity contribution in [3.63, 3.8) is 0 Å². The molecule has 0 radical (unpaired) electrons. The van der Waals surface area contributed by atoms with Crippen molar-refractivity contribution < 1.29 is 13.6 Å². The third kappa shape index (κ3) is 2.90. The largest absolute Gasteiger partial charge is 0.347 e. The first-order valence-electron chi connectivity index (χ1n) is 7.28. The molecule has 0 aliphatic rings. The van der Waals surface area contributed by atoms with Gasteiger partial charge in [0.05, 0.1) is 0 Å². The first-order chi connectivity index (χ1) is 11.5. The first-order valence-corrected chi connectivity index (χ1v) is 7.28. The number of fused-ring (bicyclic) bond motifs is 1. The van der Waals surface area contributed by atoms with Crippen LogP contribution >= 0.6 is 0 Å². The van der Waals surface area contributed by atoms with Crippen LogP contribution in [0.1, 0.15) is 16.1 Å². The lowest BCUT2D eigenvalue weighted by molar-refractivity contribution is 0.0941. The number of halogens is 2. The minimum Gasteiger partial charge on any atom is -0.347 e. The molecule has 3 rings (SSSR count). The Morgan fingerprint density at radius 3 is 2.58 bits per heavy atom. The molecule has 1 heterocycles. The van der Waals surface area contributed by atoms with E-state index in [0.717, 1.165) is 12.1 Å². The van der Waals surface area contributed by atoms with Crippen molar-refractivity contribution in [1.82, 2.24) is 9.88 Å². The number of rotatable bonds is 3. The minimum absolute atomic E-state index is 0.0249. The third-order valence-corrected chi connectivity index (χ3v) is 3.82. The molecule has 0 atom stereocenters. The van der Waals surface area contributed by atoms with Gasteiger partial charge in [0, 0.05) is 19.0 Å². The summed E-state index contributed by atoms with van der Waals surface area (Å²) in [6, 6.07) is 12.0. The normalized spacial score (nSPS) is 10.8. The van der Waals surface area contributed by atoms with E-state index in [1.54, 1.807) is 30.3 Å². The predicted molar refractivity (Wildman–Crippen MR) is 86.7 cm³/mol. The van der Waals surface area contributed by atoms with E-state index in [1.165, 1.54) is 17.7 Å². The second-order valence-corrected chi connectivity index (χ2v) is 5.41. The number of amides is 1. The van der Waals surface area contributed by atoms with Gasteiger partial charge in [0.15, 0.2) is 11.6 Å². The third-order valence-electron chi connectivity index (χ3n) is 3.82. The van der Waals surface area contributed by atoms with Crippen LogP contribution in [0.25, 0.3) is 10.8 Å². The topological polar surface area (TPSA) is 51.1 Å². The zero-order chi connectivity index (χ0) is 17.3. The highest BCUT2D eigenvalue weighted by molar-refractivity contribution is 5.96. The van der Waals surface area contributed by atoms with Crippen molar-refractivity contribution in [3.8, 4) is 0 Å². The van der Waals surface area contributed by atoms with E-state index in [9.17, 15) is 18.4 Å². The van der Waals surface area contributed by atoms with Crippen LogP contribution in [0.15, 0.2) is 53.3 Å². The summed E-state index contributed by atoms with van der Waals surface area (Å²) >= 11 is 0. The molecule has 1 aromatic heterocycles. The van der Waals surface area contributed by atoms with Crippen molar-refractivity contribution in [3.05, 3.63) is 81.8 Å². The number of nitrogens with zero attached hydrogens (tertiary/aromatic N) is 1. The lowest BCUT2D eigenvalue weighted by Gasteiger charge is -2.11. The van der Waals surface area contributed by atoms with Gasteiger partial charge in [0.2, 0.25) is 0 Å². The van der Waals surface area contributed by atoms with Gasteiger partial charge in [-0.3, -0.25) is 9.59 Å². The molecule has 1 N–H and O–H groups in total. The summed E-state index contributed by atoms with van der Waals surface area (Å²) < 4.78 is 27.4. The maximum absolute atomic E-state index is 13.2. The molecule has 122 valence electrons. The van der Waals surface area contributed by atoms with E-state index < -0.39 is 17.5 Å². The molecule has 0 saturated heterocycles. The number of nitrogens with one attached hydrogen (secondary N) is 1. The number of hydrogen-bond acceptors (Lipinski definition) is 2. The van der Waals surface area contributed by atoms with Gasteiger partial charge in [-0.15, -0.1) is 0 Å². The molecule has 3 aromatic rings. The summed E-state index contributed by atoms with van der Waals surface area (Å²) in [6.07, 6.45) is 0. The summed E-state index contributed by atoms with van der Waals surface area (Å²) in [5.41, 5.74) is 0.348. The lowest BCUT2D eigenvalue weighted by atomic mass is 10.1. The molecule has 2 aromatic carbocycles. The molecule has 0 saturated carbocycles. The highest BCUT2D eigenvalue weighted by Crippen LogP contribution is 2.12. The van der Waals surface area contributed by atoms with Gasteiger partial charge in [0.25, 0.3) is 11.5 Å². The van der Waals surface area contributed by atoms with E-state index in [2.05, 4.69) is 5.32 Å². The molecule has 0 aliphatic heterocycles. The number of aromatic nitrogens is 1. The number of benzene rings is 2. The van der Waals surface area contributed by atoms with E-state index >= 15 is 0 Å². The van der Waals surface area contributed by atoms with Crippen LogP contribution in [-0.4, -0.2) is 10.5 Å². The summed E-state index contributed by atoms with van der Waals surface area (Å²) in [5, 5.41) is 3.80. The fourth-order valence-electron chi connectivity index (χ4n) is 2.49. The summed E-state index contributed by atoms with van der Waals surface area (Å²) in [5.74, 6) is -2.38. The number of hydrogen-bond donors (Lipinski definition) is 1. The molecule has 0 spiro atoms. The average molecular weight is 328 g/mol. The van der Waals surface area contributed by atoms with Crippen LogP contribution in [0.5, 0.6) is 0 Å². The van der Waals surface area contributed by atoms with Crippen LogP contribution in [0.4, 0.5) is 8.78 Å². The molecule has 6 heteroatoms. The fourth-order valence-corrected chi connectivity index (χ4v) is 2.49. The van der Waals surface area contributed by atoms with Gasteiger partial charge in [0.1, 0.15) is 5.69 Å². The van der Waals surface area contributed by atoms with Crippen LogP contribution in [-0.2, 0) is 13.6 Å². The highest BCUT2D eigenvalue weighted by atomic mass is 19.2. The Morgan fingerprint density at radius 1 is 1.08 bits per heavy atom. The number of carbonyl (C=O) groups is 1. The second-order valence-electron chi connectivity index (χ2n) is 5.41. The van der Waals surface area contributed by atoms with Crippen LogP contribution in [0.3, 0.4) is 0 Å². The zero-order valence-electron chi connectivity index (χ0n) is 12.8. The minimum atomic E-state index is -0.972. The highest BCUT2D eigenvalue weighted by Gasteiger charge is 2.13. The average Bonchev–Trinajstić information content (AvgIpc) is 2.59. The predicted octanol–water partition coefficient (Wildman–Crippen LogP) is 2.75. The molecule has 0 bridgehead atoms. The molecular weight excluding hydrogens is 314 g/mol. The molecule has 0 fully saturated rings. The van der Waals surface area contributed by atoms with Crippen molar-refractivity contribution in [2.75, 3.05) is 0 Å². The summed E-state index contributed by atoms with van der Waals surface area (Å²) in [4.78, 5) is 24.6. The molecule has 0 unspecified atom stereocenters. The Hall–Kier alpha value is -3.02. The van der Waals surface area contributed by atoms with E-state index in [-0.39, 0.29) is 17.8 Å². The maximum atomic E-state index is 13.2. The van der Waals surface area contributed by atoms with Crippen LogP contribution in [0, 0.1) is 11.6 Å². The van der Waals surface area contributed by atoms with Crippen LogP contribution in [0.2, 0.25) is 0 Å². The van der Waals surface area contributed by atoms with Crippen molar-refractivity contribution in [2.24, 2.45) is 7.05 Å². The van der Waals surface area contributed by atoms with Gasteiger partial charge in [-0.2, -0.15) is 0 Å². The maximum Gasteiger partial charge on any atom is 0.268 e. The van der Waals surface area contributed by atoms with Crippen molar-refractivity contribution in [1.29, 1.82) is 0 Å². The van der Waals surface area contributed by atoms with Crippen LogP contribution < -0.4 is 10.9 Å². The van der Waals surface area contributed by atoms with Crippen molar-refractivity contribution in [2.45, 2.75) is 6.54 Å². The van der Waals surface area contributed by atoms with E-state index in [0.29, 0.717) is 16.3 Å². The monoisotopic (exact) mass is 328 g/mol. The Morgan fingerprint density at radius 2 is 1.83 bits per heavy atom. The number of pyridine rings is 1. The zero-order valence-corrected chi connectivity index (χ0v) is 12.8. The van der Waals surface area contributed by atoms with E-state index in [1.807, 2.05) is 0 Å². The standard InChI is InChI=1S/C18H14F2N2O2/c1-22-16(9-12-4-2-3-5-13(12)18(22)24)17(23)21-10-11-6-7-14(19)15(20)8-11/h2-9H,10H2,1H3,(H,21,23).